The predicted molar refractivity (Wildman–Crippen MR) is 116 cm³/mol. The smallest absolute Gasteiger partial charge is 0.417 e. The number of carbonyl (C=O) groups is 2. The Morgan fingerprint density at radius 2 is 1.67 bits per heavy atom. The van der Waals surface area contributed by atoms with Crippen LogP contribution in [0.1, 0.15) is 50.7 Å². The van der Waals surface area contributed by atoms with Crippen LogP contribution in [0, 0.1) is 0 Å². The third-order valence-corrected chi connectivity index (χ3v) is 6.00. The molecule has 0 bridgehead atoms. The Morgan fingerprint density at radius 3 is 2.30 bits per heavy atom. The minimum absolute atomic E-state index is 0.0100. The second-order valence-corrected chi connectivity index (χ2v) is 9.27. The molecule has 5 nitrogen and oxygen atoms in total. The van der Waals surface area contributed by atoms with Crippen LogP contribution in [-0.4, -0.2) is 46.0 Å². The summed E-state index contributed by atoms with van der Waals surface area (Å²) >= 11 is 0. The summed E-state index contributed by atoms with van der Waals surface area (Å²) in [6.07, 6.45) is 0.715. The van der Waals surface area contributed by atoms with E-state index in [2.05, 4.69) is 29.2 Å². The van der Waals surface area contributed by atoms with Gasteiger partial charge in [0.05, 0.1) is 6.04 Å². The van der Waals surface area contributed by atoms with Crippen molar-refractivity contribution in [3.63, 3.8) is 0 Å². The van der Waals surface area contributed by atoms with Gasteiger partial charge in [0, 0.05) is 24.9 Å². The van der Waals surface area contributed by atoms with Gasteiger partial charge >= 0.3 is 6.09 Å². The molecule has 0 unspecified atom stereocenters. The lowest BCUT2D eigenvalue weighted by molar-refractivity contribution is -0.128. The number of benzene rings is 2. The van der Waals surface area contributed by atoms with Gasteiger partial charge in [0.1, 0.15) is 5.60 Å². The third kappa shape index (κ3) is 4.26. The van der Waals surface area contributed by atoms with Gasteiger partial charge < -0.3 is 4.74 Å². The Kier molecular flexibility index (Phi) is 5.65. The predicted octanol–water partition coefficient (Wildman–Crippen LogP) is 4.58. The Morgan fingerprint density at radius 1 is 1.03 bits per heavy atom. The van der Waals surface area contributed by atoms with Crippen LogP contribution in [0.15, 0.2) is 60.7 Å². The maximum absolute atomic E-state index is 13.0. The van der Waals surface area contributed by atoms with Crippen LogP contribution in [0.3, 0.4) is 0 Å². The molecule has 0 spiro atoms. The Hall–Kier alpha value is -2.66. The highest BCUT2D eigenvalue weighted by atomic mass is 16.6. The first-order valence-corrected chi connectivity index (χ1v) is 10.7. The lowest BCUT2D eigenvalue weighted by Gasteiger charge is -2.44. The van der Waals surface area contributed by atoms with E-state index in [1.807, 2.05) is 57.2 Å². The fraction of sp³-hybridized carbons (Fsp3) is 0.440. The molecule has 2 aromatic rings. The number of imide groups is 1. The second-order valence-electron chi connectivity index (χ2n) is 9.27. The van der Waals surface area contributed by atoms with E-state index in [-0.39, 0.29) is 23.9 Å². The molecule has 30 heavy (non-hydrogen) atoms. The summed E-state index contributed by atoms with van der Waals surface area (Å²) in [5.74, 6) is -0.0256. The quantitative estimate of drug-likeness (QED) is 0.749. The fourth-order valence-electron chi connectivity index (χ4n) is 4.78. The van der Waals surface area contributed by atoms with Crippen molar-refractivity contribution in [3.8, 4) is 0 Å². The number of nitrogens with zero attached hydrogens (tertiary/aromatic N) is 2. The summed E-state index contributed by atoms with van der Waals surface area (Å²) in [5, 5.41) is 0. The van der Waals surface area contributed by atoms with Gasteiger partial charge in [-0.05, 0) is 44.9 Å². The number of likely N-dealkylation sites (tertiary alicyclic amines) is 2. The summed E-state index contributed by atoms with van der Waals surface area (Å²) in [7, 11) is 0. The molecule has 0 saturated carbocycles. The van der Waals surface area contributed by atoms with Gasteiger partial charge in [0.2, 0.25) is 5.91 Å². The Balaban J connectivity index is 1.66. The van der Waals surface area contributed by atoms with Crippen LogP contribution in [0.5, 0.6) is 0 Å². The van der Waals surface area contributed by atoms with Crippen LogP contribution in [0.4, 0.5) is 4.79 Å². The average Bonchev–Trinajstić information content (AvgIpc) is 3.06. The van der Waals surface area contributed by atoms with Gasteiger partial charge in [0.25, 0.3) is 0 Å². The van der Waals surface area contributed by atoms with Gasteiger partial charge in [-0.1, -0.05) is 60.7 Å². The number of ether oxygens (including phenoxy) is 1. The summed E-state index contributed by atoms with van der Waals surface area (Å²) < 4.78 is 5.63. The van der Waals surface area contributed by atoms with E-state index in [0.717, 1.165) is 19.5 Å². The molecule has 2 amide bonds. The molecule has 2 fully saturated rings. The standard InChI is InChI=1S/C25H30N2O3/c1-25(2,3)30-24(29)27-22(28)16-21-23(27)20(19-12-8-5-9-13-19)14-15-26(21)17-18-10-6-4-7-11-18/h4-13,20-21,23H,14-17H2,1-3H3/t20-,21-,23-/m0/s1. The highest BCUT2D eigenvalue weighted by Gasteiger charge is 2.52. The minimum atomic E-state index is -0.643. The van der Waals surface area contributed by atoms with Gasteiger partial charge in [-0.25, -0.2) is 9.69 Å². The van der Waals surface area contributed by atoms with Gasteiger partial charge in [-0.3, -0.25) is 9.69 Å². The molecule has 0 aromatic heterocycles. The zero-order chi connectivity index (χ0) is 21.3. The number of carbonyl (C=O) groups excluding carboxylic acids is 2. The number of hydrogen-bond donors (Lipinski definition) is 0. The fourth-order valence-corrected chi connectivity index (χ4v) is 4.78. The number of piperidine rings is 1. The van der Waals surface area contributed by atoms with Gasteiger partial charge in [-0.2, -0.15) is 0 Å². The molecule has 4 rings (SSSR count). The highest BCUT2D eigenvalue weighted by Crippen LogP contribution is 2.41. The molecule has 2 aromatic carbocycles. The van der Waals surface area contributed by atoms with Crippen LogP contribution < -0.4 is 0 Å². The molecule has 2 heterocycles. The lowest BCUT2D eigenvalue weighted by atomic mass is 9.81. The van der Waals surface area contributed by atoms with Crippen LogP contribution in [0.25, 0.3) is 0 Å². The second kappa shape index (κ2) is 8.23. The normalized spacial score (nSPS) is 24.6. The summed E-state index contributed by atoms with van der Waals surface area (Å²) in [4.78, 5) is 29.8. The SMILES string of the molecule is CC(C)(C)OC(=O)N1C(=O)C[C@H]2[C@@H]1[C@H](c1ccccc1)CCN2Cc1ccccc1. The molecule has 0 N–H and O–H groups in total. The molecule has 5 heteroatoms. The zero-order valence-corrected chi connectivity index (χ0v) is 18.0. The van der Waals surface area contributed by atoms with E-state index in [1.54, 1.807) is 0 Å². The highest BCUT2D eigenvalue weighted by molar-refractivity contribution is 5.95. The molecule has 2 aliphatic heterocycles. The molecule has 3 atom stereocenters. The van der Waals surface area contributed by atoms with Gasteiger partial charge in [-0.15, -0.1) is 0 Å². The number of amides is 2. The topological polar surface area (TPSA) is 49.9 Å². The molecule has 0 aliphatic carbocycles. The van der Waals surface area contributed by atoms with Crippen molar-refractivity contribution in [2.75, 3.05) is 6.54 Å². The van der Waals surface area contributed by atoms with Crippen molar-refractivity contribution >= 4 is 12.0 Å². The summed E-state index contributed by atoms with van der Waals surface area (Å²) in [6.45, 7) is 7.17. The molecular formula is C25H30N2O3. The van der Waals surface area contributed by atoms with Crippen molar-refractivity contribution in [1.82, 2.24) is 9.80 Å². The molecular weight excluding hydrogens is 376 g/mol. The molecule has 158 valence electrons. The third-order valence-electron chi connectivity index (χ3n) is 6.00. The van der Waals surface area contributed by atoms with Crippen molar-refractivity contribution in [2.24, 2.45) is 0 Å². The van der Waals surface area contributed by atoms with Crippen molar-refractivity contribution in [2.45, 2.75) is 63.8 Å². The van der Waals surface area contributed by atoms with Crippen molar-refractivity contribution < 1.29 is 14.3 Å². The first kappa shape index (κ1) is 20.6. The summed E-state index contributed by atoms with van der Waals surface area (Å²) in [6, 6.07) is 20.3. The summed E-state index contributed by atoms with van der Waals surface area (Å²) in [5.41, 5.74) is 1.75. The average molecular weight is 407 g/mol. The lowest BCUT2D eigenvalue weighted by Crippen LogP contribution is -2.55. The number of fused-ring (bicyclic) bond motifs is 1. The van der Waals surface area contributed by atoms with E-state index in [9.17, 15) is 9.59 Å². The zero-order valence-electron chi connectivity index (χ0n) is 18.0. The van der Waals surface area contributed by atoms with Gasteiger partial charge in [0.15, 0.2) is 0 Å². The molecule has 2 saturated heterocycles. The van der Waals surface area contributed by atoms with E-state index < -0.39 is 11.7 Å². The van der Waals surface area contributed by atoms with Crippen LogP contribution in [0.2, 0.25) is 0 Å². The largest absolute Gasteiger partial charge is 0.443 e. The molecule has 0 radical (unpaired) electrons. The van der Waals surface area contributed by atoms with E-state index >= 15 is 0 Å². The molecule has 2 aliphatic rings. The first-order chi connectivity index (χ1) is 14.3. The van der Waals surface area contributed by atoms with E-state index in [1.165, 1.54) is 16.0 Å². The maximum atomic E-state index is 13.0. The minimum Gasteiger partial charge on any atom is -0.443 e. The van der Waals surface area contributed by atoms with E-state index in [4.69, 9.17) is 4.74 Å². The van der Waals surface area contributed by atoms with Crippen molar-refractivity contribution in [3.05, 3.63) is 71.8 Å². The number of hydrogen-bond acceptors (Lipinski definition) is 4. The number of rotatable bonds is 3. The van der Waals surface area contributed by atoms with Crippen LogP contribution in [-0.2, 0) is 16.1 Å². The van der Waals surface area contributed by atoms with Crippen molar-refractivity contribution in [1.29, 1.82) is 0 Å². The first-order valence-electron chi connectivity index (χ1n) is 10.7. The monoisotopic (exact) mass is 406 g/mol. The maximum Gasteiger partial charge on any atom is 0.417 e. The Labute approximate surface area is 178 Å². The van der Waals surface area contributed by atoms with Crippen LogP contribution >= 0.6 is 0 Å². The van der Waals surface area contributed by atoms with E-state index in [0.29, 0.717) is 6.42 Å². The Bertz CT molecular complexity index is 892.